The van der Waals surface area contributed by atoms with Gasteiger partial charge in [0.2, 0.25) is 0 Å². The Morgan fingerprint density at radius 2 is 0.787 bits per heavy atom. The number of halogens is 4. The minimum atomic E-state index is -0.636. The molecule has 33 heteroatoms. The number of hydrogen-bond acceptors (Lipinski definition) is 23. The fourth-order valence-corrected chi connectivity index (χ4v) is 15.4. The molecule has 3 unspecified atom stereocenters. The van der Waals surface area contributed by atoms with Gasteiger partial charge in [0.1, 0.15) is 132 Å². The van der Waals surface area contributed by atoms with Gasteiger partial charge in [0.25, 0.3) is 34.4 Å². The number of hydrogen-bond donors (Lipinski definition) is 4. The van der Waals surface area contributed by atoms with E-state index in [-0.39, 0.29) is 68.2 Å². The fourth-order valence-electron chi connectivity index (χ4n) is 15.2. The summed E-state index contributed by atoms with van der Waals surface area (Å²) in [5.74, 6) is 2.61. The molecule has 0 aliphatic carbocycles. The van der Waals surface area contributed by atoms with E-state index in [1.807, 2.05) is 163 Å². The Morgan fingerprint density at radius 1 is 0.425 bits per heavy atom. The van der Waals surface area contributed by atoms with Crippen LogP contribution in [-0.2, 0) is 13.1 Å². The molecule has 652 valence electrons. The number of amides is 3. The molecule has 0 fully saturated rings. The number of nitrogens with zero attached hydrogens (tertiary/aromatic N) is 17. The summed E-state index contributed by atoms with van der Waals surface area (Å²) in [6.45, 7) is 19.9. The molecule has 3 aliphatic heterocycles. The maximum atomic E-state index is 14.9. The number of benzene rings is 8. The lowest BCUT2D eigenvalue weighted by Crippen LogP contribution is -2.50. The van der Waals surface area contributed by atoms with Crippen molar-refractivity contribution < 1.29 is 37.0 Å². The maximum Gasteiger partial charge on any atom is 0.269 e. The van der Waals surface area contributed by atoms with Gasteiger partial charge in [-0.2, -0.15) is 0 Å². The smallest absolute Gasteiger partial charge is 0.269 e. The molecule has 5 N–H and O–H groups in total. The maximum absolute atomic E-state index is 14.9. The number of nitrogens with one attached hydrogen (secondary N) is 3. The van der Waals surface area contributed by atoms with Crippen molar-refractivity contribution in [3.05, 3.63) is 312 Å². The van der Waals surface area contributed by atoms with Crippen molar-refractivity contribution in [3.63, 3.8) is 0 Å². The third kappa shape index (κ3) is 18.5. The van der Waals surface area contributed by atoms with Crippen molar-refractivity contribution in [2.75, 3.05) is 60.0 Å². The molecule has 127 heavy (non-hydrogen) atoms. The second-order valence-electron chi connectivity index (χ2n) is 31.0. The Labute approximate surface area is 734 Å². The van der Waals surface area contributed by atoms with E-state index in [1.165, 1.54) is 69.1 Å². The normalized spacial score (nSPS) is 13.7. The summed E-state index contributed by atoms with van der Waals surface area (Å²) in [5, 5.41) is 9.93. The van der Waals surface area contributed by atoms with E-state index in [2.05, 4.69) is 50.8 Å². The lowest BCUT2D eigenvalue weighted by Gasteiger charge is -2.39. The van der Waals surface area contributed by atoms with Crippen LogP contribution in [0.1, 0.15) is 159 Å². The highest BCUT2D eigenvalue weighted by molar-refractivity contribution is 6.33. The van der Waals surface area contributed by atoms with Crippen molar-refractivity contribution in [1.82, 2.24) is 73.3 Å². The Bertz CT molecular complexity index is 6560. The first-order valence-electron chi connectivity index (χ1n) is 41.6. The summed E-state index contributed by atoms with van der Waals surface area (Å²) in [4.78, 5) is 129. The summed E-state index contributed by atoms with van der Waals surface area (Å²) in [6.07, 6.45) is 5.82. The average molecular weight is 1740 g/mol. The van der Waals surface area contributed by atoms with Crippen molar-refractivity contribution in [3.8, 4) is 28.6 Å². The van der Waals surface area contributed by atoms with Crippen molar-refractivity contribution in [2.45, 2.75) is 131 Å². The average Bonchev–Trinajstić information content (AvgIpc) is 0.675. The molecular weight excluding hydrogens is 1640 g/mol. The second-order valence-corrected chi connectivity index (χ2v) is 31.4. The lowest BCUT2D eigenvalue weighted by molar-refractivity contribution is 0.0679. The minimum absolute atomic E-state index is 0.0154. The Balaban J connectivity index is 0.000000143. The van der Waals surface area contributed by atoms with E-state index in [9.17, 15) is 41.9 Å². The van der Waals surface area contributed by atoms with Gasteiger partial charge in [0.15, 0.2) is 0 Å². The molecule has 0 spiro atoms. The van der Waals surface area contributed by atoms with Gasteiger partial charge < -0.3 is 55.7 Å². The largest absolute Gasteiger partial charge is 0.497 e. The molecule has 9 heterocycles. The Kier molecular flexibility index (Phi) is 27.3. The molecule has 6 aromatic heterocycles. The van der Waals surface area contributed by atoms with Crippen molar-refractivity contribution in [1.29, 1.82) is 0 Å². The predicted octanol–water partition coefficient (Wildman–Crippen LogP) is 15.7. The predicted molar refractivity (Wildman–Crippen MR) is 484 cm³/mol. The zero-order valence-electron chi connectivity index (χ0n) is 71.8. The molecule has 3 atom stereocenters. The number of ether oxygens (including phenoxy) is 2. The van der Waals surface area contributed by atoms with E-state index in [1.54, 1.807) is 95.6 Å². The van der Waals surface area contributed by atoms with Crippen LogP contribution in [0.2, 0.25) is 5.15 Å². The van der Waals surface area contributed by atoms with Crippen LogP contribution in [0.5, 0.6) is 11.5 Å². The van der Waals surface area contributed by atoms with Crippen LogP contribution in [0.4, 0.5) is 42.3 Å². The van der Waals surface area contributed by atoms with Gasteiger partial charge in [-0.1, -0.05) is 129 Å². The van der Waals surface area contributed by atoms with Gasteiger partial charge in [-0.25, -0.2) is 58.0 Å². The first-order chi connectivity index (χ1) is 61.3. The third-order valence-electron chi connectivity index (χ3n) is 22.0. The van der Waals surface area contributed by atoms with Gasteiger partial charge in [0.05, 0.1) is 86.0 Å². The number of carbonyl (C=O) groups excluding carboxylic acids is 3. The quantitative estimate of drug-likeness (QED) is 0.0458. The number of nitrogens with two attached hydrogens (primary N) is 1. The van der Waals surface area contributed by atoms with E-state index in [0.29, 0.717) is 138 Å². The fraction of sp³-hybridized carbons (Fsp3) is 0.266. The van der Waals surface area contributed by atoms with Crippen LogP contribution >= 0.6 is 11.6 Å². The van der Waals surface area contributed by atoms with Crippen LogP contribution in [-0.4, -0.2) is 143 Å². The summed E-state index contributed by atoms with van der Waals surface area (Å²) < 4.78 is 58.5. The molecule has 17 rings (SSSR count). The molecule has 0 radical (unpaired) electrons. The SMILES string of the molecule is CCC(N)c1nc2cccc(F)c2c(=O)n1-c1ccccc1.CCC(Nc1ncnc2c1C(=O)N(C(C)C)CN2)c1nc2cccc(F)c2c(=O)n1-c1ccccc1.CCC(Nc1ncnc2c1C(=O)N(C(C)C)CN2Cc1ccc(OC)cc1)c1nc2cccc(F)c2c(=O)n1-c1ccccc1.COc1ccc(CN2CN(C(C)C)C(=O)c3c(Cl)ncnc32)cc1. The molecule has 3 amide bonds. The Hall–Kier alpha value is -14.5. The highest BCUT2D eigenvalue weighted by Gasteiger charge is 2.39. The van der Waals surface area contributed by atoms with Gasteiger partial charge in [-0.3, -0.25) is 42.5 Å². The monoisotopic (exact) mass is 1740 g/mol. The standard InChI is InChI=1S/C34H34FN7O3.C26H26FN7O2.C17H19ClN4O2.C17H16FN3O/c1-5-26(31-39-27-13-9-12-25(35)28(27)34(44)42(31)23-10-7-6-8-11-23)38-30-29-32(37-19-36-30)40(20-41(21(2)3)33(29)43)18-22-14-16-24(45-4)17-15-22;1-4-18(31-23-21-22(28-13-29-23)30-14-33(15(2)3)25(21)35)24-32-19-12-8-11-17(27)20(19)26(36)34(24)16-9-6-5-7-10-16;1-11(2)22-10-21(8-12-4-6-13(24-3)7-5-12)16-14(17(22)23)15(18)19-9-20-16;1-2-13(19)16-20-14-10-6-9-12(18)15(14)17(22)21(16)11-7-4-3-5-8-11/h6-17,19,21,26H,5,18,20H2,1-4H3,(H,36,37,38);5-13,15,18H,4,14H2,1-3H3,(H2,28,29,30,31);4-7,9,11H,8,10H2,1-3H3;3-10,13H,2,19H2,1H3. The molecule has 14 aromatic rings. The first kappa shape index (κ1) is 88.8. The molecule has 0 bridgehead atoms. The number of para-hydroxylation sites is 3. The molecule has 8 aromatic carbocycles. The second kappa shape index (κ2) is 39.1. The van der Waals surface area contributed by atoms with E-state index in [4.69, 9.17) is 36.8 Å². The molecule has 29 nitrogen and oxygen atoms in total. The summed E-state index contributed by atoms with van der Waals surface area (Å²) in [6, 6.07) is 54.3. The van der Waals surface area contributed by atoms with Crippen LogP contribution < -0.4 is 57.6 Å². The topological polar surface area (TPSA) is 330 Å². The highest BCUT2D eigenvalue weighted by atomic mass is 35.5. The first-order valence-corrected chi connectivity index (χ1v) is 41.9. The highest BCUT2D eigenvalue weighted by Crippen LogP contribution is 2.38. The number of rotatable bonds is 22. The summed E-state index contributed by atoms with van der Waals surface area (Å²) in [7, 11) is 3.27. The van der Waals surface area contributed by atoms with Gasteiger partial charge in [0, 0.05) is 31.2 Å². The van der Waals surface area contributed by atoms with Gasteiger partial charge >= 0.3 is 0 Å². The number of fused-ring (bicyclic) bond motifs is 6. The minimum Gasteiger partial charge on any atom is -0.497 e. The number of anilines is 5. The number of carbonyl (C=O) groups is 3. The van der Waals surface area contributed by atoms with Crippen LogP contribution in [0, 0.1) is 17.5 Å². The third-order valence-corrected chi connectivity index (χ3v) is 22.3. The zero-order valence-corrected chi connectivity index (χ0v) is 72.5. The molecule has 0 saturated heterocycles. The number of methoxy groups -OCH3 is 2. The van der Waals surface area contributed by atoms with Crippen molar-refractivity contribution in [2.24, 2.45) is 5.73 Å². The van der Waals surface area contributed by atoms with Crippen LogP contribution in [0.3, 0.4) is 0 Å². The van der Waals surface area contributed by atoms with E-state index in [0.717, 1.165) is 22.6 Å². The van der Waals surface area contributed by atoms with Crippen LogP contribution in [0.15, 0.2) is 227 Å². The molecular formula is C94H95ClF3N21O8. The Morgan fingerprint density at radius 3 is 1.18 bits per heavy atom. The molecule has 3 aliphatic rings. The van der Waals surface area contributed by atoms with E-state index >= 15 is 0 Å². The van der Waals surface area contributed by atoms with E-state index < -0.39 is 52.3 Å². The molecule has 0 saturated carbocycles. The van der Waals surface area contributed by atoms with Crippen LogP contribution in [0.25, 0.3) is 49.8 Å². The summed E-state index contributed by atoms with van der Waals surface area (Å²) >= 11 is 6.17. The number of aromatic nitrogens is 12. The zero-order chi connectivity index (χ0) is 90.0. The van der Waals surface area contributed by atoms with Gasteiger partial charge in [-0.05, 0) is 169 Å². The van der Waals surface area contributed by atoms with Crippen molar-refractivity contribution >= 4 is 91.1 Å². The lowest BCUT2D eigenvalue weighted by atomic mass is 10.1. The summed E-state index contributed by atoms with van der Waals surface area (Å²) in [5.41, 5.74) is 10.4. The van der Waals surface area contributed by atoms with Gasteiger partial charge in [-0.15, -0.1) is 0 Å².